The molecule has 4 heteroatoms. The predicted molar refractivity (Wildman–Crippen MR) is 66.4 cm³/mol. The molecule has 2 amide bonds. The van der Waals surface area contributed by atoms with Gasteiger partial charge in [0, 0.05) is 17.3 Å². The van der Waals surface area contributed by atoms with Crippen molar-refractivity contribution in [2.75, 3.05) is 12.3 Å². The van der Waals surface area contributed by atoms with Crippen molar-refractivity contribution in [1.82, 2.24) is 10.6 Å². The Bertz CT molecular complexity index is 207. The molecule has 1 aliphatic heterocycles. The lowest BCUT2D eigenvalue weighted by Gasteiger charge is -2.24. The minimum atomic E-state index is -0.149. The first-order valence-corrected chi connectivity index (χ1v) is 6.70. The summed E-state index contributed by atoms with van der Waals surface area (Å²) in [7, 11) is 0. The Morgan fingerprint density at radius 1 is 1.40 bits per heavy atom. The van der Waals surface area contributed by atoms with Crippen molar-refractivity contribution in [3.8, 4) is 0 Å². The second-order valence-corrected chi connectivity index (χ2v) is 6.48. The van der Waals surface area contributed by atoms with Crippen molar-refractivity contribution in [3.63, 3.8) is 0 Å². The van der Waals surface area contributed by atoms with E-state index in [-0.39, 0.29) is 11.6 Å². The lowest BCUT2D eigenvalue weighted by molar-refractivity contribution is 0.232. The molecular formula is C11H22N2OS. The third-order valence-electron chi connectivity index (χ3n) is 2.25. The van der Waals surface area contributed by atoms with Gasteiger partial charge in [-0.1, -0.05) is 6.42 Å². The van der Waals surface area contributed by atoms with Crippen LogP contribution in [0.5, 0.6) is 0 Å². The van der Waals surface area contributed by atoms with Crippen LogP contribution in [0.15, 0.2) is 0 Å². The Hall–Kier alpha value is -0.380. The molecule has 2 N–H and O–H groups in total. The zero-order valence-electron chi connectivity index (χ0n) is 9.93. The summed E-state index contributed by atoms with van der Waals surface area (Å²) in [4.78, 5) is 11.5. The molecule has 0 saturated carbocycles. The van der Waals surface area contributed by atoms with E-state index in [2.05, 4.69) is 10.6 Å². The van der Waals surface area contributed by atoms with E-state index in [0.29, 0.717) is 5.25 Å². The van der Waals surface area contributed by atoms with Gasteiger partial charge in [0.15, 0.2) is 0 Å². The van der Waals surface area contributed by atoms with Crippen LogP contribution in [0.4, 0.5) is 4.79 Å². The predicted octanol–water partition coefficient (Wildman–Crippen LogP) is 2.37. The third kappa shape index (κ3) is 5.92. The van der Waals surface area contributed by atoms with Crippen LogP contribution in [-0.2, 0) is 0 Å². The standard InChI is InChI=1S/C11H22N2OS/c1-11(2,3)13-10(14)12-8-9-6-4-5-7-15-9/h9H,4-8H2,1-3H3,(H2,12,13,14). The highest BCUT2D eigenvalue weighted by Gasteiger charge is 2.17. The van der Waals surface area contributed by atoms with E-state index in [1.807, 2.05) is 32.5 Å². The van der Waals surface area contributed by atoms with Crippen LogP contribution >= 0.6 is 11.8 Å². The van der Waals surface area contributed by atoms with Gasteiger partial charge < -0.3 is 10.6 Å². The Balaban J connectivity index is 2.15. The monoisotopic (exact) mass is 230 g/mol. The lowest BCUT2D eigenvalue weighted by atomic mass is 10.1. The van der Waals surface area contributed by atoms with Gasteiger partial charge in [-0.25, -0.2) is 4.79 Å². The molecule has 88 valence electrons. The number of carbonyl (C=O) groups excluding carboxylic acids is 1. The fourth-order valence-corrected chi connectivity index (χ4v) is 2.80. The highest BCUT2D eigenvalue weighted by atomic mass is 32.2. The van der Waals surface area contributed by atoms with Crippen LogP contribution in [0, 0.1) is 0 Å². The maximum atomic E-state index is 11.5. The lowest BCUT2D eigenvalue weighted by Crippen LogP contribution is -2.48. The number of amides is 2. The first-order valence-electron chi connectivity index (χ1n) is 5.65. The van der Waals surface area contributed by atoms with E-state index in [4.69, 9.17) is 0 Å². The summed E-state index contributed by atoms with van der Waals surface area (Å²) in [6.07, 6.45) is 3.87. The van der Waals surface area contributed by atoms with E-state index < -0.39 is 0 Å². The van der Waals surface area contributed by atoms with Crippen LogP contribution in [-0.4, -0.2) is 29.1 Å². The van der Waals surface area contributed by atoms with Gasteiger partial charge in [0.05, 0.1) is 0 Å². The summed E-state index contributed by atoms with van der Waals surface area (Å²) in [6.45, 7) is 6.76. The fraction of sp³-hybridized carbons (Fsp3) is 0.909. The van der Waals surface area contributed by atoms with Crippen molar-refractivity contribution >= 4 is 17.8 Å². The molecular weight excluding hydrogens is 208 g/mol. The highest BCUT2D eigenvalue weighted by Crippen LogP contribution is 2.24. The summed E-state index contributed by atoms with van der Waals surface area (Å²) in [6, 6.07) is -0.0475. The number of nitrogens with one attached hydrogen (secondary N) is 2. The van der Waals surface area contributed by atoms with Crippen LogP contribution in [0.3, 0.4) is 0 Å². The van der Waals surface area contributed by atoms with Gasteiger partial charge in [-0.2, -0.15) is 11.8 Å². The van der Waals surface area contributed by atoms with Crippen LogP contribution < -0.4 is 10.6 Å². The Labute approximate surface area is 96.8 Å². The fourth-order valence-electron chi connectivity index (χ4n) is 1.56. The highest BCUT2D eigenvalue weighted by molar-refractivity contribution is 7.99. The summed E-state index contributed by atoms with van der Waals surface area (Å²) in [5.74, 6) is 1.24. The van der Waals surface area contributed by atoms with Crippen molar-refractivity contribution in [2.45, 2.75) is 50.8 Å². The van der Waals surface area contributed by atoms with Crippen molar-refractivity contribution < 1.29 is 4.79 Å². The Kier molecular flexibility index (Phi) is 4.77. The molecule has 0 spiro atoms. The molecule has 0 aromatic carbocycles. The average molecular weight is 230 g/mol. The molecule has 1 unspecified atom stereocenters. The zero-order valence-corrected chi connectivity index (χ0v) is 10.7. The van der Waals surface area contributed by atoms with E-state index in [9.17, 15) is 4.79 Å². The van der Waals surface area contributed by atoms with Crippen molar-refractivity contribution in [1.29, 1.82) is 0 Å². The summed E-state index contributed by atoms with van der Waals surface area (Å²) >= 11 is 1.98. The summed E-state index contributed by atoms with van der Waals surface area (Å²) in [5, 5.41) is 6.45. The van der Waals surface area contributed by atoms with Gasteiger partial charge >= 0.3 is 6.03 Å². The van der Waals surface area contributed by atoms with E-state index in [1.165, 1.54) is 25.0 Å². The topological polar surface area (TPSA) is 41.1 Å². The van der Waals surface area contributed by atoms with Gasteiger partial charge in [-0.15, -0.1) is 0 Å². The Morgan fingerprint density at radius 3 is 2.67 bits per heavy atom. The van der Waals surface area contributed by atoms with Crippen LogP contribution in [0.1, 0.15) is 40.0 Å². The SMILES string of the molecule is CC(C)(C)NC(=O)NCC1CCCCS1. The maximum absolute atomic E-state index is 11.5. The summed E-state index contributed by atoms with van der Waals surface area (Å²) in [5.41, 5.74) is -0.149. The Morgan fingerprint density at radius 2 is 2.13 bits per heavy atom. The maximum Gasteiger partial charge on any atom is 0.315 e. The van der Waals surface area contributed by atoms with Gasteiger partial charge in [-0.3, -0.25) is 0 Å². The molecule has 0 bridgehead atoms. The normalized spacial score (nSPS) is 22.2. The molecule has 1 rings (SSSR count). The molecule has 1 fully saturated rings. The third-order valence-corrected chi connectivity index (χ3v) is 3.65. The van der Waals surface area contributed by atoms with E-state index in [0.717, 1.165) is 6.54 Å². The molecule has 1 heterocycles. The molecule has 0 aromatic heterocycles. The molecule has 0 aliphatic carbocycles. The van der Waals surface area contributed by atoms with Crippen LogP contribution in [0.25, 0.3) is 0 Å². The number of urea groups is 1. The number of hydrogen-bond acceptors (Lipinski definition) is 2. The van der Waals surface area contributed by atoms with Gasteiger partial charge in [0.25, 0.3) is 0 Å². The molecule has 0 aromatic rings. The molecule has 0 radical (unpaired) electrons. The summed E-state index contributed by atoms with van der Waals surface area (Å²) < 4.78 is 0. The number of rotatable bonds is 2. The van der Waals surface area contributed by atoms with Gasteiger partial charge in [0.2, 0.25) is 0 Å². The second kappa shape index (κ2) is 5.64. The first-order chi connectivity index (χ1) is 6.97. The number of hydrogen-bond donors (Lipinski definition) is 2. The first kappa shape index (κ1) is 12.7. The van der Waals surface area contributed by atoms with E-state index in [1.54, 1.807) is 0 Å². The van der Waals surface area contributed by atoms with E-state index >= 15 is 0 Å². The molecule has 3 nitrogen and oxygen atoms in total. The van der Waals surface area contributed by atoms with Gasteiger partial charge in [-0.05, 0) is 39.4 Å². The van der Waals surface area contributed by atoms with Crippen molar-refractivity contribution in [3.05, 3.63) is 0 Å². The largest absolute Gasteiger partial charge is 0.337 e. The van der Waals surface area contributed by atoms with Gasteiger partial charge in [0.1, 0.15) is 0 Å². The number of carbonyl (C=O) groups is 1. The number of thioether (sulfide) groups is 1. The molecule has 1 aliphatic rings. The molecule has 1 atom stereocenters. The second-order valence-electron chi connectivity index (χ2n) is 5.07. The minimum Gasteiger partial charge on any atom is -0.337 e. The molecule has 15 heavy (non-hydrogen) atoms. The average Bonchev–Trinajstić information content (AvgIpc) is 2.14. The smallest absolute Gasteiger partial charge is 0.315 e. The van der Waals surface area contributed by atoms with Crippen molar-refractivity contribution in [2.24, 2.45) is 0 Å². The minimum absolute atomic E-state index is 0.0475. The quantitative estimate of drug-likeness (QED) is 0.764. The zero-order chi connectivity index (χ0) is 11.3. The molecule has 1 saturated heterocycles. The van der Waals surface area contributed by atoms with Crippen LogP contribution in [0.2, 0.25) is 0 Å².